The van der Waals surface area contributed by atoms with E-state index in [1.54, 1.807) is 6.07 Å². The van der Waals surface area contributed by atoms with E-state index in [0.29, 0.717) is 22.3 Å². The highest BCUT2D eigenvalue weighted by Crippen LogP contribution is 2.55. The maximum atomic E-state index is 13.5. The number of benzene rings is 2. The average molecular weight is 446 g/mol. The van der Waals surface area contributed by atoms with E-state index >= 15 is 0 Å². The molecular weight excluding hydrogens is 418 g/mol. The third kappa shape index (κ3) is 3.14. The number of nitriles is 2. The van der Waals surface area contributed by atoms with Gasteiger partial charge in [-0.15, -0.1) is 0 Å². The van der Waals surface area contributed by atoms with E-state index in [0.717, 1.165) is 44.2 Å². The standard InChI is InChI=1S/C30H27N3O/c1-3-4-16-33-26-14-8-7-13-25(26)30(2)15-9-10-20(29(30)33)17-24-27(21(18-31)19-32)22-11-5-6-12-23(22)28(24)34/h5-8,11-14,17H,3-4,9-10,15-16H2,1-2H3/b24-17-/t30-/m0/s1. The van der Waals surface area contributed by atoms with Crippen molar-refractivity contribution in [3.63, 3.8) is 0 Å². The molecule has 0 aromatic heterocycles. The maximum Gasteiger partial charge on any atom is 0.194 e. The number of allylic oxidation sites excluding steroid dienone is 6. The highest BCUT2D eigenvalue weighted by atomic mass is 16.1. The summed E-state index contributed by atoms with van der Waals surface area (Å²) in [7, 11) is 0. The van der Waals surface area contributed by atoms with Gasteiger partial charge in [0, 0.05) is 40.1 Å². The van der Waals surface area contributed by atoms with Gasteiger partial charge in [-0.25, -0.2) is 0 Å². The predicted molar refractivity (Wildman–Crippen MR) is 134 cm³/mol. The lowest BCUT2D eigenvalue weighted by molar-refractivity contribution is 0.104. The predicted octanol–water partition coefficient (Wildman–Crippen LogP) is 6.63. The quantitative estimate of drug-likeness (QED) is 0.391. The fourth-order valence-electron chi connectivity index (χ4n) is 5.96. The fraction of sp³-hybridized carbons (Fsp3) is 0.300. The minimum Gasteiger partial charge on any atom is -0.344 e. The summed E-state index contributed by atoms with van der Waals surface area (Å²) in [5, 5.41) is 19.4. The first-order valence-corrected chi connectivity index (χ1v) is 12.1. The van der Waals surface area contributed by atoms with Crippen LogP contribution in [0.5, 0.6) is 0 Å². The second-order valence-corrected chi connectivity index (χ2v) is 9.49. The maximum absolute atomic E-state index is 13.5. The lowest BCUT2D eigenvalue weighted by atomic mass is 9.71. The van der Waals surface area contributed by atoms with Crippen molar-refractivity contribution in [2.75, 3.05) is 11.4 Å². The van der Waals surface area contributed by atoms with E-state index < -0.39 is 0 Å². The van der Waals surface area contributed by atoms with Crippen molar-refractivity contribution in [3.05, 3.63) is 93.7 Å². The van der Waals surface area contributed by atoms with Crippen molar-refractivity contribution in [3.8, 4) is 12.1 Å². The number of rotatable bonds is 4. The molecule has 0 radical (unpaired) electrons. The van der Waals surface area contributed by atoms with Crippen molar-refractivity contribution < 1.29 is 4.79 Å². The van der Waals surface area contributed by atoms with Gasteiger partial charge >= 0.3 is 0 Å². The van der Waals surface area contributed by atoms with E-state index in [2.05, 4.69) is 43.0 Å². The van der Waals surface area contributed by atoms with Crippen molar-refractivity contribution in [1.29, 1.82) is 10.5 Å². The number of unbranched alkanes of at least 4 members (excludes halogenated alkanes) is 1. The molecule has 2 aliphatic carbocycles. The zero-order valence-corrected chi connectivity index (χ0v) is 19.7. The molecule has 0 spiro atoms. The molecule has 0 amide bonds. The lowest BCUT2D eigenvalue weighted by Crippen LogP contribution is -2.33. The fourth-order valence-corrected chi connectivity index (χ4v) is 5.96. The van der Waals surface area contributed by atoms with Crippen LogP contribution in [0.15, 0.2) is 77.0 Å². The second kappa shape index (κ2) is 8.47. The monoisotopic (exact) mass is 445 g/mol. The third-order valence-corrected chi connectivity index (χ3v) is 7.49. The third-order valence-electron chi connectivity index (χ3n) is 7.49. The molecule has 3 aliphatic rings. The minimum atomic E-state index is -0.110. The van der Waals surface area contributed by atoms with Crippen molar-refractivity contribution in [1.82, 2.24) is 0 Å². The number of carbonyl (C=O) groups is 1. The highest BCUT2D eigenvalue weighted by molar-refractivity contribution is 6.28. The van der Waals surface area contributed by atoms with Crippen LogP contribution in [-0.4, -0.2) is 12.3 Å². The SMILES string of the molecule is CCCCN1C2=C(/C=C3\C(=O)c4ccccc4C3=C(C#N)C#N)CCC[C@@]2(C)c2ccccc21. The number of nitrogens with zero attached hydrogens (tertiary/aromatic N) is 3. The van der Waals surface area contributed by atoms with Crippen LogP contribution >= 0.6 is 0 Å². The molecule has 1 atom stereocenters. The Hall–Kier alpha value is -3.89. The zero-order chi connectivity index (χ0) is 23.9. The van der Waals surface area contributed by atoms with Crippen molar-refractivity contribution in [2.24, 2.45) is 0 Å². The first kappa shape index (κ1) is 21.9. The number of Topliss-reactive ketones (excluding diaryl/α,β-unsaturated/α-hetero) is 1. The summed E-state index contributed by atoms with van der Waals surface area (Å²) in [4.78, 5) is 16.0. The van der Waals surface area contributed by atoms with E-state index in [1.807, 2.05) is 36.4 Å². The Labute approximate surface area is 201 Å². The molecule has 0 bridgehead atoms. The summed E-state index contributed by atoms with van der Waals surface area (Å²) in [6.07, 6.45) is 7.14. The molecule has 4 nitrogen and oxygen atoms in total. The van der Waals surface area contributed by atoms with Crippen LogP contribution in [0.1, 0.15) is 67.4 Å². The van der Waals surface area contributed by atoms with Crippen LogP contribution in [-0.2, 0) is 5.41 Å². The molecule has 2 aromatic rings. The topological polar surface area (TPSA) is 67.9 Å². The first-order valence-electron chi connectivity index (χ1n) is 12.1. The molecule has 5 rings (SSSR count). The Morgan fingerprint density at radius 2 is 1.79 bits per heavy atom. The lowest BCUT2D eigenvalue weighted by Gasteiger charge is -2.36. The van der Waals surface area contributed by atoms with Gasteiger partial charge < -0.3 is 4.90 Å². The Morgan fingerprint density at radius 1 is 1.09 bits per heavy atom. The number of ketones is 1. The minimum absolute atomic E-state index is 0.00808. The van der Waals surface area contributed by atoms with Gasteiger partial charge in [-0.1, -0.05) is 55.8 Å². The van der Waals surface area contributed by atoms with Gasteiger partial charge in [0.2, 0.25) is 0 Å². The van der Waals surface area contributed by atoms with Gasteiger partial charge in [-0.3, -0.25) is 4.79 Å². The molecule has 1 aliphatic heterocycles. The summed E-state index contributed by atoms with van der Waals surface area (Å²) in [5.74, 6) is -0.107. The number of fused-ring (bicyclic) bond motifs is 4. The molecular formula is C30H27N3O. The number of hydrogen-bond donors (Lipinski definition) is 0. The Bertz CT molecular complexity index is 1360. The van der Waals surface area contributed by atoms with Gasteiger partial charge in [-0.2, -0.15) is 10.5 Å². The van der Waals surface area contributed by atoms with Crippen LogP contribution in [0.4, 0.5) is 5.69 Å². The number of para-hydroxylation sites is 1. The number of carbonyl (C=O) groups excluding carboxylic acids is 1. The molecule has 1 heterocycles. The summed E-state index contributed by atoms with van der Waals surface area (Å²) < 4.78 is 0. The van der Waals surface area contributed by atoms with Crippen LogP contribution < -0.4 is 4.90 Å². The number of hydrogen-bond acceptors (Lipinski definition) is 4. The molecule has 2 aromatic carbocycles. The van der Waals surface area contributed by atoms with Crippen molar-refractivity contribution >= 4 is 17.0 Å². The van der Waals surface area contributed by atoms with E-state index in [-0.39, 0.29) is 16.8 Å². The first-order chi connectivity index (χ1) is 16.5. The van der Waals surface area contributed by atoms with Crippen LogP contribution in [0.25, 0.3) is 5.57 Å². The average Bonchev–Trinajstić information content (AvgIpc) is 3.28. The van der Waals surface area contributed by atoms with Gasteiger partial charge in [0.05, 0.1) is 0 Å². The van der Waals surface area contributed by atoms with E-state index in [1.165, 1.54) is 16.9 Å². The van der Waals surface area contributed by atoms with Crippen LogP contribution in [0.2, 0.25) is 0 Å². The highest BCUT2D eigenvalue weighted by Gasteiger charge is 2.46. The smallest absolute Gasteiger partial charge is 0.194 e. The molecule has 0 unspecified atom stereocenters. The van der Waals surface area contributed by atoms with Crippen LogP contribution in [0, 0.1) is 22.7 Å². The van der Waals surface area contributed by atoms with Crippen LogP contribution in [0.3, 0.4) is 0 Å². The Balaban J connectivity index is 1.75. The number of anilines is 1. The van der Waals surface area contributed by atoms with E-state index in [4.69, 9.17) is 0 Å². The van der Waals surface area contributed by atoms with Gasteiger partial charge in [0.25, 0.3) is 0 Å². The van der Waals surface area contributed by atoms with Gasteiger partial charge in [0.1, 0.15) is 17.7 Å². The van der Waals surface area contributed by atoms with E-state index in [9.17, 15) is 15.3 Å². The second-order valence-electron chi connectivity index (χ2n) is 9.49. The molecule has 0 fully saturated rings. The zero-order valence-electron chi connectivity index (χ0n) is 19.7. The summed E-state index contributed by atoms with van der Waals surface area (Å²) >= 11 is 0. The molecule has 0 saturated carbocycles. The summed E-state index contributed by atoms with van der Waals surface area (Å²) in [6.45, 7) is 5.46. The molecule has 0 N–H and O–H groups in total. The Morgan fingerprint density at radius 3 is 2.53 bits per heavy atom. The molecule has 168 valence electrons. The van der Waals surface area contributed by atoms with Gasteiger partial charge in [0.15, 0.2) is 5.78 Å². The Kier molecular flexibility index (Phi) is 5.46. The largest absolute Gasteiger partial charge is 0.344 e. The molecule has 0 saturated heterocycles. The summed E-state index contributed by atoms with van der Waals surface area (Å²) in [6, 6.07) is 20.0. The van der Waals surface area contributed by atoms with Crippen molar-refractivity contribution in [2.45, 2.75) is 51.4 Å². The summed E-state index contributed by atoms with van der Waals surface area (Å²) in [5.41, 5.74) is 7.10. The molecule has 34 heavy (non-hydrogen) atoms. The molecule has 4 heteroatoms. The van der Waals surface area contributed by atoms with Gasteiger partial charge in [-0.05, 0) is 61.4 Å². The normalized spacial score (nSPS) is 21.8.